The first-order valence-electron chi connectivity index (χ1n) is 6.89. The SMILES string of the molecule is COc1c(C)cnc(CC2(CN)CCOCC2)c1C. The molecule has 0 bridgehead atoms. The van der Waals surface area contributed by atoms with Crippen molar-refractivity contribution in [3.8, 4) is 5.75 Å². The van der Waals surface area contributed by atoms with Crippen LogP contribution in [0.4, 0.5) is 0 Å². The van der Waals surface area contributed by atoms with Crippen LogP contribution in [0.3, 0.4) is 0 Å². The topological polar surface area (TPSA) is 57.4 Å². The number of hydrogen-bond acceptors (Lipinski definition) is 4. The van der Waals surface area contributed by atoms with Crippen LogP contribution >= 0.6 is 0 Å². The quantitative estimate of drug-likeness (QED) is 0.903. The van der Waals surface area contributed by atoms with Crippen molar-refractivity contribution in [2.24, 2.45) is 11.1 Å². The summed E-state index contributed by atoms with van der Waals surface area (Å²) in [6.07, 6.45) is 4.83. The molecule has 106 valence electrons. The molecule has 0 amide bonds. The molecule has 19 heavy (non-hydrogen) atoms. The van der Waals surface area contributed by atoms with E-state index < -0.39 is 0 Å². The Morgan fingerprint density at radius 3 is 2.63 bits per heavy atom. The first-order chi connectivity index (χ1) is 9.12. The van der Waals surface area contributed by atoms with Gasteiger partial charge in [-0.15, -0.1) is 0 Å². The minimum atomic E-state index is 0.135. The lowest BCUT2D eigenvalue weighted by Crippen LogP contribution is -2.38. The third kappa shape index (κ3) is 2.90. The fraction of sp³-hybridized carbons (Fsp3) is 0.667. The maximum absolute atomic E-state index is 6.02. The molecule has 0 saturated carbocycles. The smallest absolute Gasteiger partial charge is 0.128 e. The van der Waals surface area contributed by atoms with Gasteiger partial charge in [0.25, 0.3) is 0 Å². The van der Waals surface area contributed by atoms with Crippen LogP contribution in [0, 0.1) is 19.3 Å². The van der Waals surface area contributed by atoms with Gasteiger partial charge >= 0.3 is 0 Å². The minimum Gasteiger partial charge on any atom is -0.496 e. The number of rotatable bonds is 4. The van der Waals surface area contributed by atoms with Crippen LogP contribution in [0.2, 0.25) is 0 Å². The van der Waals surface area contributed by atoms with Gasteiger partial charge in [0.1, 0.15) is 5.75 Å². The zero-order valence-corrected chi connectivity index (χ0v) is 12.2. The van der Waals surface area contributed by atoms with Gasteiger partial charge in [0.05, 0.1) is 7.11 Å². The lowest BCUT2D eigenvalue weighted by Gasteiger charge is -2.36. The average Bonchev–Trinajstić information content (AvgIpc) is 2.44. The standard InChI is InChI=1S/C15H24N2O2/c1-11-9-17-13(12(2)14(11)18-3)8-15(10-16)4-6-19-7-5-15/h9H,4-8,10,16H2,1-3H3. The number of nitrogens with zero attached hydrogens (tertiary/aromatic N) is 1. The van der Waals surface area contributed by atoms with Crippen molar-refractivity contribution >= 4 is 0 Å². The van der Waals surface area contributed by atoms with Crippen molar-refractivity contribution < 1.29 is 9.47 Å². The lowest BCUT2D eigenvalue weighted by molar-refractivity contribution is 0.0186. The van der Waals surface area contributed by atoms with Crippen LogP contribution in [0.15, 0.2) is 6.20 Å². The van der Waals surface area contributed by atoms with Gasteiger partial charge in [-0.1, -0.05) is 0 Å². The molecule has 0 spiro atoms. The Kier molecular flexibility index (Phi) is 4.42. The largest absolute Gasteiger partial charge is 0.496 e. The summed E-state index contributed by atoms with van der Waals surface area (Å²) >= 11 is 0. The average molecular weight is 264 g/mol. The number of hydrogen-bond donors (Lipinski definition) is 1. The summed E-state index contributed by atoms with van der Waals surface area (Å²) in [5.74, 6) is 0.948. The molecular formula is C15H24N2O2. The second-order valence-electron chi connectivity index (χ2n) is 5.54. The van der Waals surface area contributed by atoms with Crippen LogP contribution in [-0.2, 0) is 11.2 Å². The fourth-order valence-electron chi connectivity index (χ4n) is 2.86. The van der Waals surface area contributed by atoms with Gasteiger partial charge in [0.15, 0.2) is 0 Å². The van der Waals surface area contributed by atoms with E-state index in [4.69, 9.17) is 15.2 Å². The number of aromatic nitrogens is 1. The van der Waals surface area contributed by atoms with Crippen molar-refractivity contribution in [2.45, 2.75) is 33.1 Å². The first-order valence-corrected chi connectivity index (χ1v) is 6.89. The van der Waals surface area contributed by atoms with Crippen LogP contribution in [-0.4, -0.2) is 31.9 Å². The molecule has 0 unspecified atom stereocenters. The van der Waals surface area contributed by atoms with Crippen LogP contribution in [0.5, 0.6) is 5.75 Å². The maximum Gasteiger partial charge on any atom is 0.128 e. The van der Waals surface area contributed by atoms with E-state index in [1.165, 1.54) is 0 Å². The molecule has 0 aliphatic carbocycles. The zero-order chi connectivity index (χ0) is 13.9. The van der Waals surface area contributed by atoms with E-state index in [-0.39, 0.29) is 5.41 Å². The highest BCUT2D eigenvalue weighted by Gasteiger charge is 2.32. The van der Waals surface area contributed by atoms with Crippen LogP contribution < -0.4 is 10.5 Å². The second kappa shape index (κ2) is 5.88. The Balaban J connectivity index is 2.27. The molecule has 4 nitrogen and oxygen atoms in total. The second-order valence-corrected chi connectivity index (χ2v) is 5.54. The van der Waals surface area contributed by atoms with E-state index in [0.717, 1.165) is 55.0 Å². The molecule has 1 fully saturated rings. The third-order valence-corrected chi connectivity index (χ3v) is 4.28. The summed E-state index contributed by atoms with van der Waals surface area (Å²) in [4.78, 5) is 4.60. The van der Waals surface area contributed by atoms with Crippen LogP contribution in [0.25, 0.3) is 0 Å². The molecule has 0 aromatic carbocycles. The molecule has 1 aliphatic heterocycles. The van der Waals surface area contributed by atoms with E-state index in [2.05, 4.69) is 11.9 Å². The third-order valence-electron chi connectivity index (χ3n) is 4.28. The molecule has 4 heteroatoms. The van der Waals surface area contributed by atoms with E-state index in [0.29, 0.717) is 6.54 Å². The number of nitrogens with two attached hydrogens (primary N) is 1. The maximum atomic E-state index is 6.02. The molecule has 1 aromatic rings. The molecule has 2 rings (SSSR count). The van der Waals surface area contributed by atoms with E-state index >= 15 is 0 Å². The number of aryl methyl sites for hydroxylation is 1. The number of methoxy groups -OCH3 is 1. The highest BCUT2D eigenvalue weighted by atomic mass is 16.5. The molecule has 0 radical (unpaired) electrons. The molecule has 1 aliphatic rings. The predicted molar refractivity (Wildman–Crippen MR) is 75.5 cm³/mol. The van der Waals surface area contributed by atoms with E-state index in [1.807, 2.05) is 13.1 Å². The van der Waals surface area contributed by atoms with Crippen molar-refractivity contribution in [3.63, 3.8) is 0 Å². The summed E-state index contributed by atoms with van der Waals surface area (Å²) in [5, 5.41) is 0. The summed E-state index contributed by atoms with van der Waals surface area (Å²) < 4.78 is 10.9. The lowest BCUT2D eigenvalue weighted by atomic mass is 9.76. The molecule has 0 atom stereocenters. The number of ether oxygens (including phenoxy) is 2. The number of pyridine rings is 1. The Bertz CT molecular complexity index is 440. The summed E-state index contributed by atoms with van der Waals surface area (Å²) in [5.41, 5.74) is 9.49. The van der Waals surface area contributed by atoms with E-state index in [1.54, 1.807) is 7.11 Å². The molecular weight excluding hydrogens is 240 g/mol. The zero-order valence-electron chi connectivity index (χ0n) is 12.2. The van der Waals surface area contributed by atoms with Gasteiger partial charge in [-0.2, -0.15) is 0 Å². The van der Waals surface area contributed by atoms with Gasteiger partial charge < -0.3 is 15.2 Å². The van der Waals surface area contributed by atoms with Crippen molar-refractivity contribution in [1.29, 1.82) is 0 Å². The summed E-state index contributed by atoms with van der Waals surface area (Å²) in [7, 11) is 1.71. The Hall–Kier alpha value is -1.13. The summed E-state index contributed by atoms with van der Waals surface area (Å²) in [6.45, 7) is 6.40. The van der Waals surface area contributed by atoms with Crippen molar-refractivity contribution in [3.05, 3.63) is 23.0 Å². The monoisotopic (exact) mass is 264 g/mol. The molecule has 2 N–H and O–H groups in total. The fourth-order valence-corrected chi connectivity index (χ4v) is 2.86. The summed E-state index contributed by atoms with van der Waals surface area (Å²) in [6, 6.07) is 0. The van der Waals surface area contributed by atoms with Crippen molar-refractivity contribution in [2.75, 3.05) is 26.9 Å². The first kappa shape index (κ1) is 14.3. The highest BCUT2D eigenvalue weighted by Crippen LogP contribution is 2.35. The van der Waals surface area contributed by atoms with Gasteiger partial charge in [-0.05, 0) is 45.1 Å². The molecule has 2 heterocycles. The van der Waals surface area contributed by atoms with Gasteiger partial charge in [-0.3, -0.25) is 4.98 Å². The Labute approximate surface area is 115 Å². The van der Waals surface area contributed by atoms with Crippen molar-refractivity contribution in [1.82, 2.24) is 4.98 Å². The Morgan fingerprint density at radius 1 is 1.37 bits per heavy atom. The highest BCUT2D eigenvalue weighted by molar-refractivity contribution is 5.41. The molecule has 1 aromatic heterocycles. The predicted octanol–water partition coefficient (Wildman–Crippen LogP) is 2.01. The van der Waals surface area contributed by atoms with Gasteiger partial charge in [0.2, 0.25) is 0 Å². The van der Waals surface area contributed by atoms with Gasteiger partial charge in [0, 0.05) is 36.2 Å². The normalized spacial score (nSPS) is 18.3. The minimum absolute atomic E-state index is 0.135. The van der Waals surface area contributed by atoms with Crippen LogP contribution in [0.1, 0.15) is 29.7 Å². The molecule has 1 saturated heterocycles. The van der Waals surface area contributed by atoms with E-state index in [9.17, 15) is 0 Å². The van der Waals surface area contributed by atoms with Gasteiger partial charge in [-0.25, -0.2) is 0 Å². The Morgan fingerprint density at radius 2 is 2.05 bits per heavy atom.